The largest absolute Gasteiger partial charge is 0.300 e. The predicted octanol–water partition coefficient (Wildman–Crippen LogP) is 3.94. The number of hydrogen-bond acceptors (Lipinski definition) is 2. The lowest BCUT2D eigenvalue weighted by atomic mass is 9.99. The Morgan fingerprint density at radius 1 is 1.27 bits per heavy atom. The van der Waals surface area contributed by atoms with E-state index < -0.39 is 0 Å². The van der Waals surface area contributed by atoms with Crippen molar-refractivity contribution in [2.45, 2.75) is 35.8 Å². The number of rotatable bonds is 2. The lowest BCUT2D eigenvalue weighted by Crippen LogP contribution is -2.16. The van der Waals surface area contributed by atoms with E-state index in [-0.39, 0.29) is 0 Å². The lowest BCUT2D eigenvalue weighted by molar-refractivity contribution is -0.120. The van der Waals surface area contributed by atoms with E-state index in [2.05, 4.69) is 0 Å². The number of benzene rings is 1. The second-order valence-electron chi connectivity index (χ2n) is 3.83. The Labute approximate surface area is 99.2 Å². The van der Waals surface area contributed by atoms with Gasteiger partial charge in [0.1, 0.15) is 5.78 Å². The van der Waals surface area contributed by atoms with Gasteiger partial charge >= 0.3 is 0 Å². The number of carbonyl (C=O) groups excluding carboxylic acids is 1. The molecule has 0 aromatic heterocycles. The van der Waals surface area contributed by atoms with Crippen LogP contribution in [0.4, 0.5) is 0 Å². The Kier molecular flexibility index (Phi) is 3.71. The third kappa shape index (κ3) is 3.25. The number of halogens is 1. The Morgan fingerprint density at radius 2 is 2.00 bits per heavy atom. The van der Waals surface area contributed by atoms with Crippen LogP contribution in [0.3, 0.4) is 0 Å². The zero-order chi connectivity index (χ0) is 10.7. The fourth-order valence-electron chi connectivity index (χ4n) is 1.79. The van der Waals surface area contributed by atoms with Crippen LogP contribution in [0.25, 0.3) is 0 Å². The molecule has 0 amide bonds. The van der Waals surface area contributed by atoms with Gasteiger partial charge in [0.05, 0.1) is 0 Å². The molecule has 0 heterocycles. The zero-order valence-electron chi connectivity index (χ0n) is 8.41. The van der Waals surface area contributed by atoms with Crippen LogP contribution in [-0.2, 0) is 4.79 Å². The summed E-state index contributed by atoms with van der Waals surface area (Å²) in [5, 5.41) is 1.23. The first kappa shape index (κ1) is 11.0. The molecule has 0 N–H and O–H groups in total. The zero-order valence-corrected chi connectivity index (χ0v) is 9.98. The summed E-state index contributed by atoms with van der Waals surface area (Å²) in [6.45, 7) is 0. The van der Waals surface area contributed by atoms with Gasteiger partial charge in [-0.2, -0.15) is 0 Å². The summed E-state index contributed by atoms with van der Waals surface area (Å²) in [5.41, 5.74) is 0. The van der Waals surface area contributed by atoms with Gasteiger partial charge in [-0.1, -0.05) is 11.6 Å². The van der Waals surface area contributed by atoms with Crippen LogP contribution in [0.15, 0.2) is 29.2 Å². The number of carbonyl (C=O) groups is 1. The minimum atomic E-state index is 0.410. The molecule has 1 fully saturated rings. The van der Waals surface area contributed by atoms with Gasteiger partial charge in [-0.3, -0.25) is 4.79 Å². The predicted molar refractivity (Wildman–Crippen MR) is 64.6 cm³/mol. The van der Waals surface area contributed by atoms with Crippen LogP contribution in [0.5, 0.6) is 0 Å². The van der Waals surface area contributed by atoms with E-state index in [1.54, 1.807) is 11.8 Å². The first-order valence-electron chi connectivity index (χ1n) is 5.18. The average Bonchev–Trinajstić information content (AvgIpc) is 2.22. The molecule has 1 nitrogen and oxygen atoms in total. The molecule has 1 aliphatic carbocycles. The van der Waals surface area contributed by atoms with Crippen LogP contribution in [0.2, 0.25) is 5.02 Å². The van der Waals surface area contributed by atoms with Crippen LogP contribution in [-0.4, -0.2) is 11.0 Å². The minimum Gasteiger partial charge on any atom is -0.300 e. The van der Waals surface area contributed by atoms with Crippen molar-refractivity contribution in [1.29, 1.82) is 0 Å². The molecule has 1 aromatic rings. The molecule has 80 valence electrons. The van der Waals surface area contributed by atoms with Gasteiger partial charge in [0.2, 0.25) is 0 Å². The Bertz CT molecular complexity index is 347. The molecule has 15 heavy (non-hydrogen) atoms. The van der Waals surface area contributed by atoms with Crippen LogP contribution < -0.4 is 0 Å². The minimum absolute atomic E-state index is 0.410. The van der Waals surface area contributed by atoms with Crippen molar-refractivity contribution in [3.63, 3.8) is 0 Å². The molecule has 0 bridgehead atoms. The Morgan fingerprint density at radius 3 is 2.67 bits per heavy atom. The Balaban J connectivity index is 1.96. The van der Waals surface area contributed by atoms with Crippen molar-refractivity contribution in [3.05, 3.63) is 29.3 Å². The third-order valence-electron chi connectivity index (χ3n) is 2.55. The topological polar surface area (TPSA) is 17.1 Å². The highest BCUT2D eigenvalue weighted by Gasteiger charge is 2.20. The van der Waals surface area contributed by atoms with Crippen LogP contribution >= 0.6 is 23.4 Å². The summed E-state index contributed by atoms with van der Waals surface area (Å²) in [5.74, 6) is 0.410. The van der Waals surface area contributed by atoms with Gasteiger partial charge in [-0.05, 0) is 37.1 Å². The van der Waals surface area contributed by atoms with Gasteiger partial charge in [0.25, 0.3) is 0 Å². The summed E-state index contributed by atoms with van der Waals surface area (Å²) < 4.78 is 0. The summed E-state index contributed by atoms with van der Waals surface area (Å²) >= 11 is 7.61. The van der Waals surface area contributed by atoms with Crippen molar-refractivity contribution in [3.8, 4) is 0 Å². The van der Waals surface area contributed by atoms with E-state index in [1.165, 1.54) is 4.90 Å². The quantitative estimate of drug-likeness (QED) is 0.779. The fourth-order valence-corrected chi connectivity index (χ4v) is 3.15. The molecule has 2 rings (SSSR count). The van der Waals surface area contributed by atoms with Gasteiger partial charge < -0.3 is 0 Å². The van der Waals surface area contributed by atoms with Crippen LogP contribution in [0.1, 0.15) is 25.7 Å². The number of Topliss-reactive ketones (excluding diaryl/α,β-unsaturated/α-hetero) is 1. The second-order valence-corrected chi connectivity index (χ2v) is 5.64. The molecule has 1 atom stereocenters. The van der Waals surface area contributed by atoms with E-state index >= 15 is 0 Å². The van der Waals surface area contributed by atoms with E-state index in [0.29, 0.717) is 11.0 Å². The fraction of sp³-hybridized carbons (Fsp3) is 0.417. The van der Waals surface area contributed by atoms with Crippen LogP contribution in [0, 0.1) is 0 Å². The summed E-state index contributed by atoms with van der Waals surface area (Å²) in [6.07, 6.45) is 3.70. The van der Waals surface area contributed by atoms with Gasteiger partial charge in [-0.25, -0.2) is 0 Å². The van der Waals surface area contributed by atoms with E-state index in [9.17, 15) is 4.79 Å². The number of ketones is 1. The van der Waals surface area contributed by atoms with Crippen molar-refractivity contribution >= 4 is 29.1 Å². The molecular weight excluding hydrogens is 228 g/mol. The van der Waals surface area contributed by atoms with Gasteiger partial charge in [0.15, 0.2) is 0 Å². The molecule has 0 spiro atoms. The molecule has 3 heteroatoms. The normalized spacial score (nSPS) is 21.7. The summed E-state index contributed by atoms with van der Waals surface area (Å²) in [6, 6.07) is 7.83. The molecule has 1 saturated carbocycles. The molecule has 0 aliphatic heterocycles. The summed E-state index contributed by atoms with van der Waals surface area (Å²) in [7, 11) is 0. The van der Waals surface area contributed by atoms with Crippen molar-refractivity contribution in [2.75, 3.05) is 0 Å². The van der Waals surface area contributed by atoms with Gasteiger partial charge in [-0.15, -0.1) is 11.8 Å². The monoisotopic (exact) mass is 240 g/mol. The summed E-state index contributed by atoms with van der Waals surface area (Å²) in [4.78, 5) is 12.5. The first-order valence-corrected chi connectivity index (χ1v) is 6.44. The van der Waals surface area contributed by atoms with E-state index in [0.717, 1.165) is 30.7 Å². The maximum absolute atomic E-state index is 11.3. The average molecular weight is 241 g/mol. The molecule has 1 aromatic carbocycles. The molecule has 0 unspecified atom stereocenters. The second kappa shape index (κ2) is 5.04. The highest BCUT2D eigenvalue weighted by molar-refractivity contribution is 8.00. The maximum atomic E-state index is 11.3. The van der Waals surface area contributed by atoms with E-state index in [1.807, 2.05) is 24.3 Å². The SMILES string of the molecule is O=C1CCC[C@H](Sc2ccc(Cl)cc2)C1. The van der Waals surface area contributed by atoms with Crippen molar-refractivity contribution < 1.29 is 4.79 Å². The smallest absolute Gasteiger partial charge is 0.134 e. The highest BCUT2D eigenvalue weighted by Crippen LogP contribution is 2.32. The molecule has 0 radical (unpaired) electrons. The number of thioether (sulfide) groups is 1. The van der Waals surface area contributed by atoms with E-state index in [4.69, 9.17) is 11.6 Å². The Hall–Kier alpha value is -0.470. The highest BCUT2D eigenvalue weighted by atomic mass is 35.5. The lowest BCUT2D eigenvalue weighted by Gasteiger charge is -2.20. The van der Waals surface area contributed by atoms with Crippen molar-refractivity contribution in [2.24, 2.45) is 0 Å². The maximum Gasteiger partial charge on any atom is 0.134 e. The first-order chi connectivity index (χ1) is 7.24. The molecule has 0 saturated heterocycles. The van der Waals surface area contributed by atoms with Gasteiger partial charge in [0, 0.05) is 28.0 Å². The number of hydrogen-bond donors (Lipinski definition) is 0. The third-order valence-corrected chi connectivity index (χ3v) is 4.09. The standard InChI is InChI=1S/C12H13ClOS/c13-9-4-6-11(7-5-9)15-12-3-1-2-10(14)8-12/h4-7,12H,1-3,8H2/t12-/m0/s1. The van der Waals surface area contributed by atoms with Crippen molar-refractivity contribution in [1.82, 2.24) is 0 Å². The molecule has 1 aliphatic rings. The molecular formula is C12H13ClOS.